The minimum atomic E-state index is 0.375. The van der Waals surface area contributed by atoms with E-state index in [0.29, 0.717) is 17.2 Å². The molecule has 0 spiro atoms. The van der Waals surface area contributed by atoms with Gasteiger partial charge in [-0.2, -0.15) is 0 Å². The number of phenols is 3. The van der Waals surface area contributed by atoms with Gasteiger partial charge < -0.3 is 15.3 Å². The topological polar surface area (TPSA) is 60.7 Å². The second-order valence-electron chi connectivity index (χ2n) is 12.0. The molecular formula is C38H46O3. The van der Waals surface area contributed by atoms with E-state index in [4.69, 9.17) is 0 Å². The van der Waals surface area contributed by atoms with Gasteiger partial charge in [-0.25, -0.2) is 0 Å². The molecule has 0 aliphatic rings. The second-order valence-corrected chi connectivity index (χ2v) is 12.0. The summed E-state index contributed by atoms with van der Waals surface area (Å²) >= 11 is 0. The molecule has 0 amide bonds. The lowest BCUT2D eigenvalue weighted by atomic mass is 9.79. The van der Waals surface area contributed by atoms with Crippen molar-refractivity contribution in [3.05, 3.63) is 120 Å². The fraction of sp³-hybridized carbons (Fsp3) is 0.368. The van der Waals surface area contributed by atoms with Gasteiger partial charge >= 0.3 is 0 Å². The van der Waals surface area contributed by atoms with E-state index in [1.807, 2.05) is 41.5 Å². The van der Waals surface area contributed by atoms with E-state index < -0.39 is 0 Å². The van der Waals surface area contributed by atoms with Crippen LogP contribution in [0.3, 0.4) is 0 Å². The van der Waals surface area contributed by atoms with Crippen LogP contribution in [0.5, 0.6) is 17.2 Å². The number of aromatic hydroxyl groups is 3. The van der Waals surface area contributed by atoms with Crippen molar-refractivity contribution < 1.29 is 15.3 Å². The fourth-order valence-corrected chi connectivity index (χ4v) is 6.78. The molecule has 4 aromatic carbocycles. The molecule has 0 aliphatic carbocycles. The molecule has 4 aromatic rings. The zero-order valence-electron chi connectivity index (χ0n) is 26.3. The monoisotopic (exact) mass is 550 g/mol. The number of rotatable bonds is 8. The van der Waals surface area contributed by atoms with E-state index >= 15 is 0 Å². The van der Waals surface area contributed by atoms with Crippen molar-refractivity contribution in [1.82, 2.24) is 0 Å². The van der Waals surface area contributed by atoms with Crippen molar-refractivity contribution in [1.29, 1.82) is 0 Å². The Labute approximate surface area is 246 Å². The third kappa shape index (κ3) is 6.00. The maximum absolute atomic E-state index is 10.4. The normalized spacial score (nSPS) is 11.3. The molecule has 0 saturated heterocycles. The first-order valence-electron chi connectivity index (χ1n) is 14.9. The molecule has 0 fully saturated rings. The summed E-state index contributed by atoms with van der Waals surface area (Å²) in [4.78, 5) is 0. The Bertz CT molecular complexity index is 1470. The van der Waals surface area contributed by atoms with Crippen molar-refractivity contribution in [2.45, 2.75) is 94.4 Å². The van der Waals surface area contributed by atoms with E-state index in [9.17, 15) is 15.3 Å². The largest absolute Gasteiger partial charge is 0.507 e. The Balaban J connectivity index is 1.98. The van der Waals surface area contributed by atoms with Gasteiger partial charge in [0.15, 0.2) is 0 Å². The van der Waals surface area contributed by atoms with Crippen LogP contribution in [-0.4, -0.2) is 15.3 Å². The smallest absolute Gasteiger partial charge is 0.121 e. The molecule has 3 nitrogen and oxygen atoms in total. The van der Waals surface area contributed by atoms with Gasteiger partial charge in [0.1, 0.15) is 17.2 Å². The molecule has 3 heteroatoms. The lowest BCUT2D eigenvalue weighted by Gasteiger charge is -2.26. The van der Waals surface area contributed by atoms with Gasteiger partial charge in [0, 0.05) is 0 Å². The molecule has 0 bridgehead atoms. The summed E-state index contributed by atoms with van der Waals surface area (Å²) < 4.78 is 0. The predicted molar refractivity (Wildman–Crippen MR) is 171 cm³/mol. The van der Waals surface area contributed by atoms with Crippen LogP contribution < -0.4 is 0 Å². The lowest BCUT2D eigenvalue weighted by molar-refractivity contribution is 0.466. The van der Waals surface area contributed by atoms with E-state index in [2.05, 4.69) is 57.2 Å². The first-order chi connectivity index (χ1) is 19.4. The zero-order valence-corrected chi connectivity index (χ0v) is 26.3. The maximum atomic E-state index is 10.4. The van der Waals surface area contributed by atoms with E-state index in [0.717, 1.165) is 65.5 Å². The molecule has 41 heavy (non-hydrogen) atoms. The predicted octanol–water partition coefficient (Wildman–Crippen LogP) is 8.86. The van der Waals surface area contributed by atoms with Gasteiger partial charge in [0.2, 0.25) is 0 Å². The Morgan fingerprint density at radius 3 is 0.878 bits per heavy atom. The van der Waals surface area contributed by atoms with Gasteiger partial charge in [-0.15, -0.1) is 0 Å². The minimum Gasteiger partial charge on any atom is -0.507 e. The summed E-state index contributed by atoms with van der Waals surface area (Å²) in [5.41, 5.74) is 17.4. The van der Waals surface area contributed by atoms with Gasteiger partial charge in [0.25, 0.3) is 0 Å². The zero-order chi connectivity index (χ0) is 30.2. The molecule has 0 unspecified atom stereocenters. The Morgan fingerprint density at radius 2 is 0.634 bits per heavy atom. The van der Waals surface area contributed by atoms with E-state index in [1.54, 1.807) is 0 Å². The standard InChI is InChI=1S/C38H46O3/c1-10-31-33(18-28-12-21(3)36(39)22(4)13-28)27(9)34(19-29-14-23(5)37(40)24(6)15-29)32(11-2)35(31)20-30-16-25(7)38(41)26(8)17-30/h12-17,39-41H,10-11,18-20H2,1-9H3. The van der Waals surface area contributed by atoms with Gasteiger partial charge in [-0.3, -0.25) is 0 Å². The molecule has 0 saturated carbocycles. The number of aryl methyl sites for hydroxylation is 6. The van der Waals surface area contributed by atoms with Crippen LogP contribution >= 0.6 is 0 Å². The van der Waals surface area contributed by atoms with Crippen LogP contribution in [0.25, 0.3) is 0 Å². The molecule has 0 heterocycles. The first kappa shape index (κ1) is 30.2. The number of benzene rings is 4. The molecule has 216 valence electrons. The average Bonchev–Trinajstić information content (AvgIpc) is 2.91. The molecule has 0 aliphatic heterocycles. The van der Waals surface area contributed by atoms with Crippen LogP contribution in [0.15, 0.2) is 36.4 Å². The highest BCUT2D eigenvalue weighted by atomic mass is 16.3. The number of hydrogen-bond acceptors (Lipinski definition) is 3. The molecule has 3 N–H and O–H groups in total. The molecule has 0 aromatic heterocycles. The summed E-state index contributed by atoms with van der Waals surface area (Å²) in [6, 6.07) is 12.7. The van der Waals surface area contributed by atoms with E-state index in [-0.39, 0.29) is 0 Å². The lowest BCUT2D eigenvalue weighted by Crippen LogP contribution is -2.13. The molecule has 4 rings (SSSR count). The SMILES string of the molecule is CCc1c(Cc2cc(C)c(O)c(C)c2)c(C)c(Cc2cc(C)c(O)c(C)c2)c(CC)c1Cc1cc(C)c(O)c(C)c1. The van der Waals surface area contributed by atoms with Gasteiger partial charge in [-0.05, 0) is 164 Å². The molecule has 0 radical (unpaired) electrons. The summed E-state index contributed by atoms with van der Waals surface area (Å²) in [5, 5.41) is 31.3. The molecule has 0 atom stereocenters. The second kappa shape index (κ2) is 12.0. The highest BCUT2D eigenvalue weighted by molar-refractivity contribution is 5.57. The first-order valence-corrected chi connectivity index (χ1v) is 14.9. The fourth-order valence-electron chi connectivity index (χ4n) is 6.78. The Hall–Kier alpha value is -3.72. The third-order valence-electron chi connectivity index (χ3n) is 8.86. The Morgan fingerprint density at radius 1 is 0.390 bits per heavy atom. The van der Waals surface area contributed by atoms with Crippen LogP contribution in [0.4, 0.5) is 0 Å². The third-order valence-corrected chi connectivity index (χ3v) is 8.86. The minimum absolute atomic E-state index is 0.375. The highest BCUT2D eigenvalue weighted by Crippen LogP contribution is 2.36. The molecular weight excluding hydrogens is 504 g/mol. The van der Waals surface area contributed by atoms with Crippen molar-refractivity contribution in [2.24, 2.45) is 0 Å². The van der Waals surface area contributed by atoms with Crippen LogP contribution in [0.2, 0.25) is 0 Å². The van der Waals surface area contributed by atoms with Crippen molar-refractivity contribution in [2.75, 3.05) is 0 Å². The Kier molecular flexibility index (Phi) is 8.87. The van der Waals surface area contributed by atoms with Crippen LogP contribution in [0.1, 0.15) is 97.3 Å². The van der Waals surface area contributed by atoms with Crippen molar-refractivity contribution in [3.8, 4) is 17.2 Å². The van der Waals surface area contributed by atoms with E-state index in [1.165, 1.54) is 50.1 Å². The quantitative estimate of drug-likeness (QED) is 0.205. The van der Waals surface area contributed by atoms with Crippen LogP contribution in [-0.2, 0) is 32.1 Å². The summed E-state index contributed by atoms with van der Waals surface area (Å²) in [6.45, 7) is 18.6. The van der Waals surface area contributed by atoms with Gasteiger partial charge in [-0.1, -0.05) is 50.2 Å². The van der Waals surface area contributed by atoms with Crippen LogP contribution in [0, 0.1) is 48.5 Å². The van der Waals surface area contributed by atoms with Crippen molar-refractivity contribution >= 4 is 0 Å². The number of hydrogen-bond donors (Lipinski definition) is 3. The highest BCUT2D eigenvalue weighted by Gasteiger charge is 2.22. The summed E-state index contributed by atoms with van der Waals surface area (Å²) in [5.74, 6) is 1.13. The summed E-state index contributed by atoms with van der Waals surface area (Å²) in [6.07, 6.45) is 4.30. The maximum Gasteiger partial charge on any atom is 0.121 e. The average molecular weight is 551 g/mol. The summed E-state index contributed by atoms with van der Waals surface area (Å²) in [7, 11) is 0. The van der Waals surface area contributed by atoms with Gasteiger partial charge in [0.05, 0.1) is 0 Å². The van der Waals surface area contributed by atoms with Crippen molar-refractivity contribution in [3.63, 3.8) is 0 Å². The number of phenolic OH excluding ortho intramolecular Hbond substituents is 3.